The summed E-state index contributed by atoms with van der Waals surface area (Å²) in [5.41, 5.74) is 1.82. The maximum absolute atomic E-state index is 11.0. The van der Waals surface area contributed by atoms with E-state index in [4.69, 9.17) is 4.74 Å². The van der Waals surface area contributed by atoms with Crippen molar-refractivity contribution in [2.45, 2.75) is 69.6 Å². The lowest BCUT2D eigenvalue weighted by atomic mass is 9.81. The summed E-state index contributed by atoms with van der Waals surface area (Å²) in [5, 5.41) is 14.9. The number of fused-ring (bicyclic) bond motifs is 2. The van der Waals surface area contributed by atoms with Crippen LogP contribution in [-0.2, 0) is 0 Å². The molecule has 0 spiro atoms. The molecule has 5 nitrogen and oxygen atoms in total. The van der Waals surface area contributed by atoms with Gasteiger partial charge in [0.2, 0.25) is 0 Å². The Labute approximate surface area is 142 Å². The van der Waals surface area contributed by atoms with Crippen LogP contribution in [0.1, 0.15) is 63.4 Å². The van der Waals surface area contributed by atoms with Crippen LogP contribution in [0.2, 0.25) is 0 Å². The van der Waals surface area contributed by atoms with Crippen molar-refractivity contribution in [3.63, 3.8) is 0 Å². The number of non-ortho nitro benzene ring substituents is 1. The van der Waals surface area contributed by atoms with Crippen molar-refractivity contribution in [1.82, 2.24) is 5.32 Å². The Morgan fingerprint density at radius 2 is 2.00 bits per heavy atom. The molecule has 4 rings (SSSR count). The molecule has 0 bridgehead atoms. The predicted molar refractivity (Wildman–Crippen MR) is 92.9 cm³/mol. The monoisotopic (exact) mass is 328 g/mol. The summed E-state index contributed by atoms with van der Waals surface area (Å²) in [4.78, 5) is 10.7. The molecule has 24 heavy (non-hydrogen) atoms. The first-order chi connectivity index (χ1) is 11.7. The van der Waals surface area contributed by atoms with Gasteiger partial charge in [-0.3, -0.25) is 15.4 Å². The summed E-state index contributed by atoms with van der Waals surface area (Å²) in [6, 6.07) is 5.43. The van der Waals surface area contributed by atoms with E-state index in [0.717, 1.165) is 37.0 Å². The van der Waals surface area contributed by atoms with Crippen molar-refractivity contribution < 1.29 is 9.66 Å². The zero-order valence-electron chi connectivity index (χ0n) is 13.9. The van der Waals surface area contributed by atoms with Gasteiger partial charge in [-0.15, -0.1) is 0 Å². The molecule has 0 radical (unpaired) electrons. The highest BCUT2D eigenvalue weighted by Crippen LogP contribution is 2.43. The summed E-state index contributed by atoms with van der Waals surface area (Å²) >= 11 is 0. The first-order valence-electron chi connectivity index (χ1n) is 9.12. The number of benzene rings is 1. The molecule has 128 valence electrons. The normalized spacial score (nSPS) is 26.8. The van der Waals surface area contributed by atoms with E-state index >= 15 is 0 Å². The summed E-state index contributed by atoms with van der Waals surface area (Å²) in [5.74, 6) is 0.759. The quantitative estimate of drug-likeness (QED) is 0.652. The van der Waals surface area contributed by atoms with Crippen LogP contribution in [-0.4, -0.2) is 16.7 Å². The Kier molecular flexibility index (Phi) is 4.04. The average molecular weight is 328 g/mol. The Bertz CT molecular complexity index is 679. The number of nitrogens with one attached hydrogen (secondary N) is 1. The van der Waals surface area contributed by atoms with Crippen LogP contribution in [0, 0.1) is 10.1 Å². The van der Waals surface area contributed by atoms with Gasteiger partial charge in [0.15, 0.2) is 5.72 Å². The fraction of sp³-hybridized carbons (Fsp3) is 0.579. The average Bonchev–Trinajstić information content (AvgIpc) is 2.60. The molecule has 0 saturated heterocycles. The first-order valence-corrected chi connectivity index (χ1v) is 9.12. The number of hydrogen-bond acceptors (Lipinski definition) is 4. The minimum Gasteiger partial charge on any atom is -0.468 e. The zero-order valence-corrected chi connectivity index (χ0v) is 13.9. The van der Waals surface area contributed by atoms with Gasteiger partial charge in [-0.2, -0.15) is 0 Å². The van der Waals surface area contributed by atoms with Crippen LogP contribution in [0.25, 0.3) is 6.08 Å². The number of hydrogen-bond donors (Lipinski definition) is 1. The zero-order chi connectivity index (χ0) is 16.6. The third-order valence-electron chi connectivity index (χ3n) is 5.60. The second kappa shape index (κ2) is 6.20. The van der Waals surface area contributed by atoms with E-state index in [1.54, 1.807) is 12.1 Å². The minimum absolute atomic E-state index is 0.123. The molecular weight excluding hydrogens is 304 g/mol. The third-order valence-corrected chi connectivity index (χ3v) is 5.60. The number of nitrogens with zero attached hydrogens (tertiary/aromatic N) is 1. The minimum atomic E-state index is -0.399. The van der Waals surface area contributed by atoms with Gasteiger partial charge in [-0.05, 0) is 49.8 Å². The molecule has 1 atom stereocenters. The van der Waals surface area contributed by atoms with E-state index < -0.39 is 5.72 Å². The van der Waals surface area contributed by atoms with Crippen molar-refractivity contribution in [2.24, 2.45) is 0 Å². The Hall–Kier alpha value is -1.88. The molecular formula is C19H24N2O3. The summed E-state index contributed by atoms with van der Waals surface area (Å²) in [6.45, 7) is 0. The van der Waals surface area contributed by atoms with Crippen molar-refractivity contribution in [3.05, 3.63) is 39.4 Å². The summed E-state index contributed by atoms with van der Waals surface area (Å²) in [7, 11) is 0. The molecule has 3 aliphatic rings. The van der Waals surface area contributed by atoms with Crippen LogP contribution < -0.4 is 10.1 Å². The Balaban J connectivity index is 1.66. The smallest absolute Gasteiger partial charge is 0.270 e. The molecule has 0 unspecified atom stereocenters. The van der Waals surface area contributed by atoms with Gasteiger partial charge in [0.1, 0.15) is 5.75 Å². The number of ether oxygens (including phenoxy) is 1. The molecule has 5 heteroatoms. The summed E-state index contributed by atoms with van der Waals surface area (Å²) < 4.78 is 6.46. The van der Waals surface area contributed by atoms with Crippen LogP contribution in [0.4, 0.5) is 5.69 Å². The second-order valence-corrected chi connectivity index (χ2v) is 7.26. The van der Waals surface area contributed by atoms with E-state index in [0.29, 0.717) is 6.04 Å². The maximum atomic E-state index is 11.0. The van der Waals surface area contributed by atoms with Gasteiger partial charge in [0.25, 0.3) is 5.69 Å². The fourth-order valence-electron chi connectivity index (χ4n) is 4.36. The Morgan fingerprint density at radius 3 is 2.79 bits per heavy atom. The van der Waals surface area contributed by atoms with E-state index in [2.05, 4.69) is 11.4 Å². The predicted octanol–water partition coefficient (Wildman–Crippen LogP) is 4.56. The van der Waals surface area contributed by atoms with Gasteiger partial charge in [-0.25, -0.2) is 0 Å². The second-order valence-electron chi connectivity index (χ2n) is 7.26. The van der Waals surface area contributed by atoms with E-state index in [1.165, 1.54) is 43.7 Å². The molecule has 2 aliphatic carbocycles. The molecule has 1 aromatic carbocycles. The first kappa shape index (κ1) is 15.6. The number of rotatable bonds is 3. The molecule has 1 aromatic rings. The van der Waals surface area contributed by atoms with Gasteiger partial charge in [0, 0.05) is 30.2 Å². The maximum Gasteiger partial charge on any atom is 0.270 e. The van der Waals surface area contributed by atoms with Crippen LogP contribution in [0.5, 0.6) is 5.75 Å². The van der Waals surface area contributed by atoms with E-state index in [-0.39, 0.29) is 10.6 Å². The van der Waals surface area contributed by atoms with Gasteiger partial charge < -0.3 is 4.74 Å². The number of nitro groups is 1. The lowest BCUT2D eigenvalue weighted by molar-refractivity contribution is -0.384. The van der Waals surface area contributed by atoms with Gasteiger partial charge in [-0.1, -0.05) is 19.3 Å². The van der Waals surface area contributed by atoms with Crippen LogP contribution >= 0.6 is 0 Å². The van der Waals surface area contributed by atoms with Crippen LogP contribution in [0.15, 0.2) is 23.8 Å². The highest BCUT2D eigenvalue weighted by atomic mass is 16.6. The highest BCUT2D eigenvalue weighted by Gasteiger charge is 2.43. The topological polar surface area (TPSA) is 64.4 Å². The van der Waals surface area contributed by atoms with Crippen molar-refractivity contribution in [2.75, 3.05) is 0 Å². The number of nitro benzene ring substituents is 1. The van der Waals surface area contributed by atoms with Crippen molar-refractivity contribution in [1.29, 1.82) is 0 Å². The van der Waals surface area contributed by atoms with E-state index in [1.807, 2.05) is 0 Å². The third kappa shape index (κ3) is 2.81. The lowest BCUT2D eigenvalue weighted by Gasteiger charge is -2.46. The fourth-order valence-corrected chi connectivity index (χ4v) is 4.36. The molecule has 1 aliphatic heterocycles. The van der Waals surface area contributed by atoms with Crippen molar-refractivity contribution in [3.8, 4) is 5.75 Å². The molecule has 2 fully saturated rings. The SMILES string of the molecule is O=[N+]([O-])c1ccc2c(c1)C=C1CCCC[C@@]1(NC1CCCCC1)O2. The van der Waals surface area contributed by atoms with Crippen molar-refractivity contribution >= 4 is 11.8 Å². The van der Waals surface area contributed by atoms with Crippen LogP contribution in [0.3, 0.4) is 0 Å². The summed E-state index contributed by atoms with van der Waals surface area (Å²) in [6.07, 6.45) is 12.8. The molecule has 0 amide bonds. The largest absolute Gasteiger partial charge is 0.468 e. The Morgan fingerprint density at radius 1 is 1.17 bits per heavy atom. The highest BCUT2D eigenvalue weighted by molar-refractivity contribution is 5.67. The van der Waals surface area contributed by atoms with E-state index in [9.17, 15) is 10.1 Å². The molecule has 2 saturated carbocycles. The van der Waals surface area contributed by atoms with Gasteiger partial charge >= 0.3 is 0 Å². The molecule has 0 aromatic heterocycles. The molecule has 1 heterocycles. The van der Waals surface area contributed by atoms with Gasteiger partial charge in [0.05, 0.1) is 4.92 Å². The lowest BCUT2D eigenvalue weighted by Crippen LogP contribution is -2.58. The molecule has 1 N–H and O–H groups in total. The standard InChI is InChI=1S/C19H24N2O3/c22-21(23)17-9-10-18-14(13-17)12-15-6-4-5-11-19(15,24-18)20-16-7-2-1-3-8-16/h9-10,12-13,16,20H,1-8,11H2/t19-/m1/s1.